The molecule has 0 aliphatic carbocycles. The maximum atomic E-state index is 14.3. The molecule has 258 valence electrons. The van der Waals surface area contributed by atoms with Crippen LogP contribution in [0.4, 0.5) is 30.5 Å². The van der Waals surface area contributed by atoms with Gasteiger partial charge >= 0.3 is 11.6 Å². The lowest BCUT2D eigenvalue weighted by atomic mass is 9.98. The van der Waals surface area contributed by atoms with E-state index >= 15 is 0 Å². The molecule has 6 rings (SSSR count). The Hall–Kier alpha value is -4.03. The first kappa shape index (κ1) is 35.3. The zero-order valence-corrected chi connectivity index (χ0v) is 27.6. The number of nitrogens with two attached hydrogens (primary N) is 1. The Morgan fingerprint density at radius 3 is 2.56 bits per heavy atom. The van der Waals surface area contributed by atoms with Gasteiger partial charge in [0.05, 0.1) is 31.5 Å². The quantitative estimate of drug-likeness (QED) is 0.207. The van der Waals surface area contributed by atoms with E-state index in [9.17, 15) is 23.1 Å². The van der Waals surface area contributed by atoms with E-state index in [2.05, 4.69) is 48.1 Å². The molecule has 2 aromatic carbocycles. The average Bonchev–Trinajstić information content (AvgIpc) is 3.29. The van der Waals surface area contributed by atoms with Crippen LogP contribution in [-0.4, -0.2) is 93.2 Å². The van der Waals surface area contributed by atoms with Crippen molar-refractivity contribution >= 4 is 44.2 Å². The third-order valence-electron chi connectivity index (χ3n) is 8.08. The lowest BCUT2D eigenvalue weighted by Gasteiger charge is -2.28. The second kappa shape index (κ2) is 15.0. The predicted molar refractivity (Wildman–Crippen MR) is 174 cm³/mol. The Labute approximate surface area is 281 Å². The van der Waals surface area contributed by atoms with Crippen LogP contribution in [-0.2, 0) is 4.74 Å². The van der Waals surface area contributed by atoms with Crippen molar-refractivity contribution in [1.29, 1.82) is 0 Å². The summed E-state index contributed by atoms with van der Waals surface area (Å²) in [5.41, 5.74) is 5.24. The van der Waals surface area contributed by atoms with E-state index in [0.717, 1.165) is 43.6 Å². The number of hydrogen-bond donors (Lipinski definition) is 4. The Kier molecular flexibility index (Phi) is 11.0. The molecule has 2 aliphatic rings. The SMILES string of the molecule is COc1cc2c(Nc3ccc(Br)cc3F)ncnc2cc1OCC1CCN(C)CC1.Nc1ccn([C@@H]2O[C@H](CO)[C@@H](O)C2(F)F)c(=O)n1. The van der Waals surface area contributed by atoms with Crippen molar-refractivity contribution in [1.82, 2.24) is 24.4 Å². The van der Waals surface area contributed by atoms with Gasteiger partial charge in [-0.2, -0.15) is 13.8 Å². The summed E-state index contributed by atoms with van der Waals surface area (Å²) in [7, 11) is 3.75. The fraction of sp³-hybridized carbons (Fsp3) is 0.419. The molecule has 13 nitrogen and oxygen atoms in total. The van der Waals surface area contributed by atoms with Gasteiger partial charge in [-0.25, -0.2) is 19.2 Å². The highest BCUT2D eigenvalue weighted by Gasteiger charge is 2.59. The third-order valence-corrected chi connectivity index (χ3v) is 8.57. The van der Waals surface area contributed by atoms with Crippen LogP contribution in [0.3, 0.4) is 0 Å². The van der Waals surface area contributed by atoms with E-state index < -0.39 is 36.7 Å². The minimum atomic E-state index is -3.71. The molecule has 2 aliphatic heterocycles. The first-order valence-electron chi connectivity index (χ1n) is 14.9. The summed E-state index contributed by atoms with van der Waals surface area (Å²) in [5.74, 6) is -1.91. The number of hydrogen-bond acceptors (Lipinski definition) is 12. The van der Waals surface area contributed by atoms with Crippen molar-refractivity contribution in [2.75, 3.05) is 51.5 Å². The van der Waals surface area contributed by atoms with Crippen molar-refractivity contribution in [2.45, 2.75) is 37.2 Å². The van der Waals surface area contributed by atoms with E-state index in [-0.39, 0.29) is 11.6 Å². The highest BCUT2D eigenvalue weighted by atomic mass is 79.9. The number of likely N-dealkylation sites (tertiary alicyclic amines) is 1. The molecular weight excluding hydrogens is 703 g/mol. The second-order valence-corrected chi connectivity index (χ2v) is 12.3. The number of aliphatic hydroxyl groups is 2. The van der Waals surface area contributed by atoms with Crippen LogP contribution in [0.5, 0.6) is 11.5 Å². The Bertz CT molecular complexity index is 1790. The van der Waals surface area contributed by atoms with Gasteiger partial charge < -0.3 is 40.4 Å². The van der Waals surface area contributed by atoms with E-state index in [1.54, 1.807) is 19.2 Å². The summed E-state index contributed by atoms with van der Waals surface area (Å²) in [6.45, 7) is 2.05. The number of aromatic nitrogens is 4. The van der Waals surface area contributed by atoms with Gasteiger partial charge in [0, 0.05) is 22.1 Å². The lowest BCUT2D eigenvalue weighted by molar-refractivity contribution is -0.140. The zero-order valence-electron chi connectivity index (χ0n) is 26.0. The minimum Gasteiger partial charge on any atom is -0.493 e. The topological polar surface area (TPSA) is 170 Å². The molecule has 0 spiro atoms. The number of ether oxygens (including phenoxy) is 3. The standard InChI is InChI=1S/C22H24BrFN4O2.C9H11F2N3O4/c1-28-7-5-14(6-8-28)12-30-21-11-19-16(10-20(21)29-2)22(26-13-25-19)27-18-4-3-15(23)9-17(18)24;10-9(11)6(16)4(3-15)18-7(9)14-2-1-5(12)13-8(14)17/h3-4,9-11,13-14H,5-8,12H2,1-2H3,(H,25,26,27);1-2,4,6-7,15-16H,3H2,(H2,12,13,17)/t;4-,6-,7-/m.1/s1. The van der Waals surface area contributed by atoms with E-state index in [4.69, 9.17) is 25.1 Å². The van der Waals surface area contributed by atoms with Crippen molar-refractivity contribution in [3.8, 4) is 11.5 Å². The molecule has 0 unspecified atom stereocenters. The maximum absolute atomic E-state index is 14.3. The summed E-state index contributed by atoms with van der Waals surface area (Å²) < 4.78 is 59.3. The molecule has 3 atom stereocenters. The summed E-state index contributed by atoms with van der Waals surface area (Å²) in [6.07, 6.45) is -0.982. The van der Waals surface area contributed by atoms with Crippen LogP contribution in [0.2, 0.25) is 0 Å². The minimum absolute atomic E-state index is 0.114. The number of aliphatic hydroxyl groups excluding tert-OH is 2. The molecule has 2 aromatic heterocycles. The number of methoxy groups -OCH3 is 1. The molecule has 0 bridgehead atoms. The molecule has 4 heterocycles. The smallest absolute Gasteiger partial charge is 0.351 e. The predicted octanol–water partition coefficient (Wildman–Crippen LogP) is 3.72. The number of rotatable bonds is 8. The Balaban J connectivity index is 0.000000214. The van der Waals surface area contributed by atoms with Gasteiger partial charge in [-0.1, -0.05) is 15.9 Å². The van der Waals surface area contributed by atoms with Gasteiger partial charge in [-0.3, -0.25) is 4.57 Å². The number of alkyl halides is 2. The summed E-state index contributed by atoms with van der Waals surface area (Å²) in [4.78, 5) is 25.7. The molecule has 17 heteroatoms. The van der Waals surface area contributed by atoms with Gasteiger partial charge in [-0.15, -0.1) is 0 Å². The van der Waals surface area contributed by atoms with Crippen molar-refractivity contribution < 1.29 is 37.6 Å². The number of benzene rings is 2. The van der Waals surface area contributed by atoms with Crippen LogP contribution in [0.25, 0.3) is 10.9 Å². The van der Waals surface area contributed by atoms with Gasteiger partial charge in [0.25, 0.3) is 0 Å². The molecule has 2 fully saturated rings. The van der Waals surface area contributed by atoms with Crippen LogP contribution < -0.4 is 26.2 Å². The fourth-order valence-electron chi connectivity index (χ4n) is 5.31. The summed E-state index contributed by atoms with van der Waals surface area (Å²) in [6, 6.07) is 9.67. The van der Waals surface area contributed by atoms with Crippen molar-refractivity contribution in [2.24, 2.45) is 5.92 Å². The van der Waals surface area contributed by atoms with Crippen LogP contribution in [0, 0.1) is 11.7 Å². The fourth-order valence-corrected chi connectivity index (χ4v) is 5.65. The zero-order chi connectivity index (χ0) is 34.6. The number of anilines is 3. The van der Waals surface area contributed by atoms with Crippen LogP contribution in [0.1, 0.15) is 19.1 Å². The highest BCUT2D eigenvalue weighted by Crippen LogP contribution is 2.42. The van der Waals surface area contributed by atoms with Crippen LogP contribution >= 0.6 is 15.9 Å². The molecular formula is C31H35BrF3N7O6. The largest absolute Gasteiger partial charge is 0.493 e. The van der Waals surface area contributed by atoms with Gasteiger partial charge in [0.1, 0.15) is 29.9 Å². The van der Waals surface area contributed by atoms with Gasteiger partial charge in [-0.05, 0) is 69.2 Å². The van der Waals surface area contributed by atoms with Gasteiger partial charge in [0.15, 0.2) is 17.6 Å². The molecule has 0 amide bonds. The molecule has 2 saturated heterocycles. The Morgan fingerprint density at radius 2 is 1.92 bits per heavy atom. The Morgan fingerprint density at radius 1 is 1.17 bits per heavy atom. The first-order chi connectivity index (χ1) is 22.9. The number of fused-ring (bicyclic) bond motifs is 1. The monoisotopic (exact) mass is 737 g/mol. The summed E-state index contributed by atoms with van der Waals surface area (Å²) in [5, 5.41) is 21.9. The van der Waals surface area contributed by atoms with Gasteiger partial charge in [0.2, 0.25) is 6.23 Å². The van der Waals surface area contributed by atoms with Crippen molar-refractivity contribution in [3.05, 3.63) is 69.7 Å². The number of halogens is 4. The molecule has 0 radical (unpaired) electrons. The molecule has 0 saturated carbocycles. The number of nitrogen functional groups attached to an aromatic ring is 1. The highest BCUT2D eigenvalue weighted by molar-refractivity contribution is 9.10. The van der Waals surface area contributed by atoms with Crippen molar-refractivity contribution in [3.63, 3.8) is 0 Å². The average molecular weight is 739 g/mol. The van der Waals surface area contributed by atoms with E-state index in [1.807, 2.05) is 12.1 Å². The number of nitrogens with one attached hydrogen (secondary N) is 1. The molecule has 5 N–H and O–H groups in total. The number of piperidine rings is 1. The third kappa shape index (κ3) is 7.81. The van der Waals surface area contributed by atoms with E-state index in [1.165, 1.54) is 12.4 Å². The summed E-state index contributed by atoms with van der Waals surface area (Å²) >= 11 is 3.27. The van der Waals surface area contributed by atoms with E-state index in [0.29, 0.717) is 50.1 Å². The lowest BCUT2D eigenvalue weighted by Crippen LogP contribution is -2.41. The molecule has 48 heavy (non-hydrogen) atoms. The second-order valence-electron chi connectivity index (χ2n) is 11.4. The molecule has 4 aromatic rings. The maximum Gasteiger partial charge on any atom is 0.351 e. The first-order valence-corrected chi connectivity index (χ1v) is 15.7. The van der Waals surface area contributed by atoms with Crippen LogP contribution in [0.15, 0.2) is 58.2 Å². The normalized spacial score (nSPS) is 21.0. The number of nitrogens with zero attached hydrogens (tertiary/aromatic N) is 5.